The molecule has 7 heteroatoms. The zero-order valence-electron chi connectivity index (χ0n) is 20.2. The third-order valence-corrected chi connectivity index (χ3v) is 7.30. The maximum absolute atomic E-state index is 12.8. The number of aromatic nitrogens is 1. The van der Waals surface area contributed by atoms with Crippen LogP contribution in [0.5, 0.6) is 0 Å². The molecule has 1 aromatic heterocycles. The van der Waals surface area contributed by atoms with Gasteiger partial charge in [0.1, 0.15) is 11.5 Å². The Morgan fingerprint density at radius 2 is 1.91 bits per heavy atom. The number of aliphatic carboxylic acids is 1. The minimum absolute atomic E-state index is 0.0828. The Balaban J connectivity index is 1.26. The number of carboxylic acids is 1. The summed E-state index contributed by atoms with van der Waals surface area (Å²) in [5.41, 5.74) is 2.93. The van der Waals surface area contributed by atoms with E-state index in [2.05, 4.69) is 16.4 Å². The molecule has 2 N–H and O–H groups in total. The number of benzene rings is 1. The maximum Gasteiger partial charge on any atom is 0.307 e. The number of rotatable bonds is 8. The summed E-state index contributed by atoms with van der Waals surface area (Å²) in [7, 11) is 0. The molecule has 4 atom stereocenters. The molecule has 184 valence electrons. The Hall–Kier alpha value is -2.67. The number of carboxylic acid groups (broad SMARTS) is 1. The standard InChI is InChI=1S/C27H36N2O5/c1-17-7-5-9-20(13-17)26-29-24(18(2)34-26)16-33-15-19-8-6-10-21(14-19)28-25(30)22-11-3-4-12-23(22)27(31)32/h5,7,9,13,19,21-23H,3-4,6,8,10-12,14-16H2,1-2H3,(H,28,30)(H,31,32). The van der Waals surface area contributed by atoms with Crippen LogP contribution in [0.2, 0.25) is 0 Å². The number of hydrogen-bond acceptors (Lipinski definition) is 5. The van der Waals surface area contributed by atoms with Gasteiger partial charge in [0.15, 0.2) is 0 Å². The highest BCUT2D eigenvalue weighted by atomic mass is 16.5. The number of hydrogen-bond donors (Lipinski definition) is 2. The number of oxazole rings is 1. The molecule has 34 heavy (non-hydrogen) atoms. The van der Waals surface area contributed by atoms with Gasteiger partial charge >= 0.3 is 5.97 Å². The molecular formula is C27H36N2O5. The maximum atomic E-state index is 12.8. The van der Waals surface area contributed by atoms with E-state index in [4.69, 9.17) is 9.15 Å². The summed E-state index contributed by atoms with van der Waals surface area (Å²) in [4.78, 5) is 29.0. The van der Waals surface area contributed by atoms with Crippen molar-refractivity contribution in [3.63, 3.8) is 0 Å². The zero-order valence-corrected chi connectivity index (χ0v) is 20.2. The average Bonchev–Trinajstić information content (AvgIpc) is 3.20. The molecule has 1 amide bonds. The van der Waals surface area contributed by atoms with Crippen molar-refractivity contribution in [3.8, 4) is 11.5 Å². The fourth-order valence-corrected chi connectivity index (χ4v) is 5.41. The Morgan fingerprint density at radius 1 is 1.12 bits per heavy atom. The number of amides is 1. The van der Waals surface area contributed by atoms with Crippen molar-refractivity contribution in [1.29, 1.82) is 0 Å². The number of carbonyl (C=O) groups is 2. The summed E-state index contributed by atoms with van der Waals surface area (Å²) in [6.07, 6.45) is 6.99. The van der Waals surface area contributed by atoms with Gasteiger partial charge < -0.3 is 19.6 Å². The van der Waals surface area contributed by atoms with E-state index >= 15 is 0 Å². The highest BCUT2D eigenvalue weighted by Gasteiger charge is 2.37. The van der Waals surface area contributed by atoms with Gasteiger partial charge in [-0.05, 0) is 64.0 Å². The molecule has 2 fully saturated rings. The average molecular weight is 469 g/mol. The van der Waals surface area contributed by atoms with E-state index in [-0.39, 0.29) is 11.9 Å². The van der Waals surface area contributed by atoms with E-state index in [0.29, 0.717) is 37.9 Å². The summed E-state index contributed by atoms with van der Waals surface area (Å²) in [6.45, 7) is 4.96. The molecule has 1 heterocycles. The van der Waals surface area contributed by atoms with Gasteiger partial charge in [0.25, 0.3) is 0 Å². The lowest BCUT2D eigenvalue weighted by atomic mass is 9.78. The second-order valence-corrected chi connectivity index (χ2v) is 9.98. The molecule has 0 radical (unpaired) electrons. The van der Waals surface area contributed by atoms with Gasteiger partial charge in [0.2, 0.25) is 11.8 Å². The van der Waals surface area contributed by atoms with Crippen LogP contribution in [0.4, 0.5) is 0 Å². The van der Waals surface area contributed by atoms with Crippen molar-refractivity contribution in [2.24, 2.45) is 17.8 Å². The van der Waals surface area contributed by atoms with Crippen LogP contribution in [0.15, 0.2) is 28.7 Å². The topological polar surface area (TPSA) is 102 Å². The first-order valence-corrected chi connectivity index (χ1v) is 12.5. The van der Waals surface area contributed by atoms with Gasteiger partial charge in [-0.25, -0.2) is 4.98 Å². The second-order valence-electron chi connectivity index (χ2n) is 9.98. The largest absolute Gasteiger partial charge is 0.481 e. The van der Waals surface area contributed by atoms with Crippen molar-refractivity contribution >= 4 is 11.9 Å². The van der Waals surface area contributed by atoms with Gasteiger partial charge in [-0.3, -0.25) is 9.59 Å². The van der Waals surface area contributed by atoms with Crippen LogP contribution in [-0.4, -0.2) is 34.6 Å². The first kappa shape index (κ1) is 24.5. The monoisotopic (exact) mass is 468 g/mol. The number of aryl methyl sites for hydroxylation is 2. The first-order valence-electron chi connectivity index (χ1n) is 12.5. The summed E-state index contributed by atoms with van der Waals surface area (Å²) in [5, 5.41) is 12.6. The predicted molar refractivity (Wildman–Crippen MR) is 128 cm³/mol. The van der Waals surface area contributed by atoms with Crippen LogP contribution in [0.3, 0.4) is 0 Å². The number of nitrogens with one attached hydrogen (secondary N) is 1. The van der Waals surface area contributed by atoms with Gasteiger partial charge in [-0.2, -0.15) is 0 Å². The molecule has 2 aliphatic carbocycles. The smallest absolute Gasteiger partial charge is 0.307 e. The summed E-state index contributed by atoms with van der Waals surface area (Å²) >= 11 is 0. The van der Waals surface area contributed by atoms with E-state index in [1.165, 1.54) is 0 Å². The highest BCUT2D eigenvalue weighted by Crippen LogP contribution is 2.32. The molecule has 0 bridgehead atoms. The highest BCUT2D eigenvalue weighted by molar-refractivity contribution is 5.85. The summed E-state index contributed by atoms with van der Waals surface area (Å²) in [6, 6.07) is 8.18. The molecule has 2 aromatic rings. The number of ether oxygens (including phenoxy) is 1. The lowest BCUT2D eigenvalue weighted by Crippen LogP contribution is -2.45. The van der Waals surface area contributed by atoms with Crippen LogP contribution >= 0.6 is 0 Å². The second kappa shape index (κ2) is 11.2. The Labute approximate surface area is 201 Å². The normalized spacial score (nSPS) is 25.1. The molecule has 2 saturated carbocycles. The SMILES string of the molecule is Cc1cccc(-c2nc(COCC3CCCC(NC(=O)C4CCCCC4C(=O)O)C3)c(C)o2)c1. The lowest BCUT2D eigenvalue weighted by molar-refractivity contribution is -0.149. The minimum atomic E-state index is -0.844. The lowest BCUT2D eigenvalue weighted by Gasteiger charge is -2.33. The fraction of sp³-hybridized carbons (Fsp3) is 0.593. The third kappa shape index (κ3) is 6.06. The van der Waals surface area contributed by atoms with Crippen molar-refractivity contribution in [3.05, 3.63) is 41.3 Å². The molecule has 1 aromatic carbocycles. The molecule has 7 nitrogen and oxygen atoms in total. The molecular weight excluding hydrogens is 432 g/mol. The molecule has 4 unspecified atom stereocenters. The van der Waals surface area contributed by atoms with Gasteiger partial charge in [0, 0.05) is 18.2 Å². The number of nitrogens with zero attached hydrogens (tertiary/aromatic N) is 1. The van der Waals surface area contributed by atoms with Crippen LogP contribution in [0, 0.1) is 31.6 Å². The molecule has 0 spiro atoms. The fourth-order valence-electron chi connectivity index (χ4n) is 5.41. The van der Waals surface area contributed by atoms with E-state index in [9.17, 15) is 14.7 Å². The first-order chi connectivity index (χ1) is 16.4. The van der Waals surface area contributed by atoms with Crippen molar-refractivity contribution in [1.82, 2.24) is 10.3 Å². The Bertz CT molecular complexity index is 1000. The van der Waals surface area contributed by atoms with Crippen LogP contribution in [0.1, 0.15) is 68.4 Å². The third-order valence-electron chi connectivity index (χ3n) is 7.30. The van der Waals surface area contributed by atoms with E-state index < -0.39 is 17.8 Å². The van der Waals surface area contributed by atoms with E-state index in [1.807, 2.05) is 32.0 Å². The van der Waals surface area contributed by atoms with Gasteiger partial charge in [-0.1, -0.05) is 37.0 Å². The Morgan fingerprint density at radius 3 is 2.68 bits per heavy atom. The summed E-state index contributed by atoms with van der Waals surface area (Å²) in [5.74, 6) is -0.131. The zero-order chi connectivity index (χ0) is 24.1. The molecule has 0 aliphatic heterocycles. The Kier molecular flexibility index (Phi) is 8.03. The molecule has 0 saturated heterocycles. The van der Waals surface area contributed by atoms with Crippen molar-refractivity contribution < 1.29 is 23.8 Å². The van der Waals surface area contributed by atoms with Gasteiger partial charge in [0.05, 0.1) is 18.4 Å². The predicted octanol–water partition coefficient (Wildman–Crippen LogP) is 5.04. The minimum Gasteiger partial charge on any atom is -0.481 e. The van der Waals surface area contributed by atoms with Crippen LogP contribution in [0.25, 0.3) is 11.5 Å². The molecule has 2 aliphatic rings. The number of carbonyl (C=O) groups excluding carboxylic acids is 1. The van der Waals surface area contributed by atoms with E-state index in [0.717, 1.165) is 61.1 Å². The van der Waals surface area contributed by atoms with Crippen molar-refractivity contribution in [2.45, 2.75) is 77.9 Å². The molecule has 4 rings (SSSR count). The van der Waals surface area contributed by atoms with Crippen molar-refractivity contribution in [2.75, 3.05) is 6.61 Å². The van der Waals surface area contributed by atoms with Crippen LogP contribution < -0.4 is 5.32 Å². The van der Waals surface area contributed by atoms with E-state index in [1.54, 1.807) is 0 Å². The summed E-state index contributed by atoms with van der Waals surface area (Å²) < 4.78 is 11.9. The van der Waals surface area contributed by atoms with Gasteiger partial charge in [-0.15, -0.1) is 0 Å². The van der Waals surface area contributed by atoms with Crippen LogP contribution in [-0.2, 0) is 20.9 Å². The quantitative estimate of drug-likeness (QED) is 0.563.